The fourth-order valence-electron chi connectivity index (χ4n) is 3.10. The largest absolute Gasteiger partial charge is 0.367 e. The van der Waals surface area contributed by atoms with Gasteiger partial charge in [-0.05, 0) is 29.8 Å². The van der Waals surface area contributed by atoms with Gasteiger partial charge in [0, 0.05) is 57.5 Å². The first kappa shape index (κ1) is 17.8. The van der Waals surface area contributed by atoms with Crippen molar-refractivity contribution in [2.45, 2.75) is 6.54 Å². The normalized spacial score (nSPS) is 14.0. The molecular weight excluding hydrogens is 354 g/mol. The Bertz CT molecular complexity index is 895. The first-order chi connectivity index (χ1) is 13.8. The Labute approximate surface area is 163 Å². The Hall–Kier alpha value is -3.55. The second kappa shape index (κ2) is 8.43. The number of amides is 1. The van der Waals surface area contributed by atoms with Gasteiger partial charge >= 0.3 is 0 Å². The zero-order valence-electron chi connectivity index (χ0n) is 15.4. The monoisotopic (exact) mass is 375 g/mol. The van der Waals surface area contributed by atoms with E-state index in [1.54, 1.807) is 37.1 Å². The van der Waals surface area contributed by atoms with Gasteiger partial charge in [-0.1, -0.05) is 6.07 Å². The number of hydrogen-bond donors (Lipinski definition) is 1. The third kappa shape index (κ3) is 4.22. The van der Waals surface area contributed by atoms with Crippen LogP contribution >= 0.6 is 0 Å². The summed E-state index contributed by atoms with van der Waals surface area (Å²) in [6.45, 7) is 3.83. The van der Waals surface area contributed by atoms with E-state index in [0.29, 0.717) is 12.2 Å². The van der Waals surface area contributed by atoms with Crippen molar-refractivity contribution in [1.82, 2.24) is 25.3 Å². The van der Waals surface area contributed by atoms with E-state index in [-0.39, 0.29) is 5.91 Å². The zero-order chi connectivity index (χ0) is 19.2. The lowest BCUT2D eigenvalue weighted by Gasteiger charge is -2.35. The van der Waals surface area contributed by atoms with Gasteiger partial charge in [-0.15, -0.1) is 0 Å². The van der Waals surface area contributed by atoms with Gasteiger partial charge in [0.1, 0.15) is 5.69 Å². The molecule has 0 unspecified atom stereocenters. The van der Waals surface area contributed by atoms with Gasteiger partial charge in [-0.3, -0.25) is 9.78 Å². The number of hydrogen-bond acceptors (Lipinski definition) is 7. The molecule has 0 spiro atoms. The molecule has 8 nitrogen and oxygen atoms in total. The van der Waals surface area contributed by atoms with Crippen LogP contribution in [0.15, 0.2) is 61.3 Å². The average molecular weight is 375 g/mol. The van der Waals surface area contributed by atoms with Crippen LogP contribution in [0, 0.1) is 0 Å². The fraction of sp³-hybridized carbons (Fsp3) is 0.250. The van der Waals surface area contributed by atoms with Crippen molar-refractivity contribution in [2.24, 2.45) is 0 Å². The first-order valence-corrected chi connectivity index (χ1v) is 9.20. The summed E-state index contributed by atoms with van der Waals surface area (Å²) in [5.74, 6) is 0.572. The molecule has 0 saturated carbocycles. The standard InChI is InChI=1S/C20H21N7O/c28-19(25-14-16-3-1-6-21-13-16)18-5-4-17(15-24-18)26-9-11-27(12-10-26)20-22-7-2-8-23-20/h1-8,13,15H,9-12,14H2,(H,25,28). The highest BCUT2D eigenvalue weighted by Crippen LogP contribution is 2.17. The second-order valence-corrected chi connectivity index (χ2v) is 6.47. The molecule has 3 aromatic rings. The van der Waals surface area contributed by atoms with Gasteiger partial charge < -0.3 is 15.1 Å². The number of nitrogens with one attached hydrogen (secondary N) is 1. The van der Waals surface area contributed by atoms with Gasteiger partial charge in [-0.25, -0.2) is 15.0 Å². The highest BCUT2D eigenvalue weighted by molar-refractivity contribution is 5.92. The van der Waals surface area contributed by atoms with E-state index in [1.165, 1.54) is 0 Å². The molecule has 1 saturated heterocycles. The average Bonchev–Trinajstić information content (AvgIpc) is 2.79. The number of anilines is 2. The Morgan fingerprint density at radius 1 is 0.893 bits per heavy atom. The van der Waals surface area contributed by atoms with Crippen molar-refractivity contribution in [3.63, 3.8) is 0 Å². The van der Waals surface area contributed by atoms with Crippen LogP contribution in [0.4, 0.5) is 11.6 Å². The van der Waals surface area contributed by atoms with Gasteiger partial charge in [0.25, 0.3) is 5.91 Å². The molecule has 142 valence electrons. The predicted molar refractivity (Wildman–Crippen MR) is 106 cm³/mol. The number of rotatable bonds is 5. The first-order valence-electron chi connectivity index (χ1n) is 9.20. The molecule has 8 heteroatoms. The van der Waals surface area contributed by atoms with E-state index in [0.717, 1.165) is 43.4 Å². The van der Waals surface area contributed by atoms with Crippen molar-refractivity contribution in [3.05, 3.63) is 72.6 Å². The molecule has 1 aliphatic heterocycles. The van der Waals surface area contributed by atoms with Crippen LogP contribution in [0.3, 0.4) is 0 Å². The van der Waals surface area contributed by atoms with Crippen LogP contribution < -0.4 is 15.1 Å². The van der Waals surface area contributed by atoms with Gasteiger partial charge in [0.15, 0.2) is 0 Å². The molecule has 1 N–H and O–H groups in total. The third-order valence-corrected chi connectivity index (χ3v) is 4.64. The number of piperazine rings is 1. The maximum Gasteiger partial charge on any atom is 0.270 e. The van der Waals surface area contributed by atoms with Crippen LogP contribution in [0.25, 0.3) is 0 Å². The minimum absolute atomic E-state index is 0.193. The summed E-state index contributed by atoms with van der Waals surface area (Å²) in [6.07, 6.45) is 8.72. The maximum atomic E-state index is 12.3. The Kier molecular flexibility index (Phi) is 5.37. The third-order valence-electron chi connectivity index (χ3n) is 4.64. The number of carbonyl (C=O) groups excluding carboxylic acids is 1. The van der Waals surface area contributed by atoms with Crippen LogP contribution in [-0.4, -0.2) is 52.0 Å². The van der Waals surface area contributed by atoms with Crippen molar-refractivity contribution < 1.29 is 4.79 Å². The molecule has 0 bridgehead atoms. The number of carbonyl (C=O) groups is 1. The lowest BCUT2D eigenvalue weighted by atomic mass is 10.2. The number of aromatic nitrogens is 4. The zero-order valence-corrected chi connectivity index (χ0v) is 15.4. The molecular formula is C20H21N7O. The summed E-state index contributed by atoms with van der Waals surface area (Å²) in [4.78, 5) is 33.7. The van der Waals surface area contributed by atoms with Crippen molar-refractivity contribution in [1.29, 1.82) is 0 Å². The van der Waals surface area contributed by atoms with Crippen molar-refractivity contribution in [3.8, 4) is 0 Å². The van der Waals surface area contributed by atoms with Gasteiger partial charge in [0.05, 0.1) is 11.9 Å². The molecule has 1 fully saturated rings. The van der Waals surface area contributed by atoms with Crippen LogP contribution in [-0.2, 0) is 6.54 Å². The fourth-order valence-corrected chi connectivity index (χ4v) is 3.10. The maximum absolute atomic E-state index is 12.3. The van der Waals surface area contributed by atoms with Crippen molar-refractivity contribution in [2.75, 3.05) is 36.0 Å². The molecule has 4 heterocycles. The lowest BCUT2D eigenvalue weighted by Crippen LogP contribution is -2.47. The van der Waals surface area contributed by atoms with Gasteiger partial charge in [-0.2, -0.15) is 0 Å². The van der Waals surface area contributed by atoms with E-state index < -0.39 is 0 Å². The van der Waals surface area contributed by atoms with E-state index >= 15 is 0 Å². The van der Waals surface area contributed by atoms with Crippen molar-refractivity contribution >= 4 is 17.5 Å². The highest BCUT2D eigenvalue weighted by Gasteiger charge is 2.19. The Morgan fingerprint density at radius 2 is 1.68 bits per heavy atom. The summed E-state index contributed by atoms with van der Waals surface area (Å²) in [6, 6.07) is 9.29. The molecule has 0 atom stereocenters. The quantitative estimate of drug-likeness (QED) is 0.723. The molecule has 1 aliphatic rings. The summed E-state index contributed by atoms with van der Waals surface area (Å²) in [5, 5.41) is 2.86. The molecule has 0 radical (unpaired) electrons. The number of nitrogens with zero attached hydrogens (tertiary/aromatic N) is 6. The van der Waals surface area contributed by atoms with E-state index in [4.69, 9.17) is 0 Å². The predicted octanol–water partition coefficient (Wildman–Crippen LogP) is 1.52. The second-order valence-electron chi connectivity index (χ2n) is 6.47. The van der Waals surface area contributed by atoms with Gasteiger partial charge in [0.2, 0.25) is 5.95 Å². The summed E-state index contributed by atoms with van der Waals surface area (Å²) in [7, 11) is 0. The molecule has 3 aromatic heterocycles. The topological polar surface area (TPSA) is 87.1 Å². The summed E-state index contributed by atoms with van der Waals surface area (Å²) >= 11 is 0. The molecule has 1 amide bonds. The summed E-state index contributed by atoms with van der Waals surface area (Å²) < 4.78 is 0. The summed E-state index contributed by atoms with van der Waals surface area (Å²) in [5.41, 5.74) is 2.37. The van der Waals surface area contributed by atoms with Crippen LogP contribution in [0.1, 0.15) is 16.1 Å². The van der Waals surface area contributed by atoms with E-state index in [1.807, 2.05) is 24.3 Å². The van der Waals surface area contributed by atoms with Crippen LogP contribution in [0.2, 0.25) is 0 Å². The molecule has 0 aromatic carbocycles. The minimum Gasteiger partial charge on any atom is -0.367 e. The number of pyridine rings is 2. The molecule has 4 rings (SSSR count). The Morgan fingerprint density at radius 3 is 2.36 bits per heavy atom. The smallest absolute Gasteiger partial charge is 0.270 e. The van der Waals surface area contributed by atoms with E-state index in [9.17, 15) is 4.79 Å². The highest BCUT2D eigenvalue weighted by atomic mass is 16.1. The minimum atomic E-state index is -0.193. The molecule has 28 heavy (non-hydrogen) atoms. The van der Waals surface area contributed by atoms with E-state index in [2.05, 4.69) is 35.1 Å². The Balaban J connectivity index is 1.31. The van der Waals surface area contributed by atoms with Crippen LogP contribution in [0.5, 0.6) is 0 Å². The SMILES string of the molecule is O=C(NCc1cccnc1)c1ccc(N2CCN(c3ncccn3)CC2)cn1. The lowest BCUT2D eigenvalue weighted by molar-refractivity contribution is 0.0946. The molecule has 0 aliphatic carbocycles.